The van der Waals surface area contributed by atoms with Crippen LogP contribution in [-0.4, -0.2) is 79.0 Å². The summed E-state index contributed by atoms with van der Waals surface area (Å²) in [6.45, 7) is 3.60. The number of hydrogen-bond acceptors (Lipinski definition) is 9. The summed E-state index contributed by atoms with van der Waals surface area (Å²) in [5, 5.41) is 25.8. The van der Waals surface area contributed by atoms with Gasteiger partial charge in [-0.15, -0.1) is 0 Å². The third kappa shape index (κ3) is 5.33. The number of amides is 1. The highest BCUT2D eigenvalue weighted by atomic mass is 16.7. The van der Waals surface area contributed by atoms with Crippen LogP contribution in [0.15, 0.2) is 11.6 Å². The number of rotatable bonds is 10. The van der Waals surface area contributed by atoms with Gasteiger partial charge in [-0.3, -0.25) is 19.2 Å². The van der Waals surface area contributed by atoms with E-state index in [-0.39, 0.29) is 67.1 Å². The van der Waals surface area contributed by atoms with E-state index in [4.69, 9.17) is 14.2 Å². The SMILES string of the molecule is COC(CNC(=O)CCC(=O)OCC(=O)[C@@]1(O)CC[C@H]2[C@@H]3CCC4=CC(=O)CC[C@]4(C)[C@H]3[C@@H](O)C[C@@]21C)OC. The molecular formula is C29H43NO9. The zero-order valence-corrected chi connectivity index (χ0v) is 23.5. The number of ketones is 2. The number of aliphatic hydroxyl groups is 2. The van der Waals surface area contributed by atoms with Crippen LogP contribution in [0.5, 0.6) is 0 Å². The van der Waals surface area contributed by atoms with Crippen molar-refractivity contribution in [3.8, 4) is 0 Å². The van der Waals surface area contributed by atoms with Gasteiger partial charge in [-0.25, -0.2) is 0 Å². The zero-order chi connectivity index (χ0) is 28.6. The van der Waals surface area contributed by atoms with Gasteiger partial charge in [0.2, 0.25) is 11.7 Å². The van der Waals surface area contributed by atoms with E-state index in [1.54, 1.807) is 6.08 Å². The molecule has 0 aliphatic heterocycles. The summed E-state index contributed by atoms with van der Waals surface area (Å²) in [6, 6.07) is 0. The van der Waals surface area contributed by atoms with Crippen LogP contribution >= 0.6 is 0 Å². The van der Waals surface area contributed by atoms with Crippen molar-refractivity contribution < 1.29 is 43.6 Å². The Labute approximate surface area is 229 Å². The zero-order valence-electron chi connectivity index (χ0n) is 23.5. The summed E-state index contributed by atoms with van der Waals surface area (Å²) in [5.41, 5.74) is -1.68. The van der Waals surface area contributed by atoms with E-state index in [1.807, 2.05) is 6.92 Å². The second-order valence-corrected chi connectivity index (χ2v) is 12.3. The molecule has 10 heteroatoms. The summed E-state index contributed by atoms with van der Waals surface area (Å²) in [7, 11) is 2.90. The molecule has 0 aromatic heterocycles. The first-order valence-corrected chi connectivity index (χ1v) is 14.0. The number of fused-ring (bicyclic) bond motifs is 5. The molecule has 0 radical (unpaired) electrons. The standard InChI is InChI=1S/C29H43NO9/c1-27-11-9-18(31)13-17(27)5-6-19-20-10-12-29(36,28(20,2)14-21(32)26(19)27)22(33)16-39-24(35)8-7-23(34)30-15-25(37-3)38-4/h13,19-21,25-26,32,36H,5-12,14-16H2,1-4H3,(H,30,34)/t19-,20-,21-,26+,27-,28-,29-/m0/s1. The van der Waals surface area contributed by atoms with Crippen LogP contribution in [0.4, 0.5) is 0 Å². The second kappa shape index (κ2) is 11.4. The highest BCUT2D eigenvalue weighted by Crippen LogP contribution is 2.67. The van der Waals surface area contributed by atoms with Crippen LogP contribution < -0.4 is 5.32 Å². The van der Waals surface area contributed by atoms with Crippen LogP contribution in [0.3, 0.4) is 0 Å². The first-order valence-electron chi connectivity index (χ1n) is 14.0. The molecule has 7 atom stereocenters. The fourth-order valence-electron chi connectivity index (χ4n) is 8.25. The number of methoxy groups -OCH3 is 2. The monoisotopic (exact) mass is 549 g/mol. The molecule has 10 nitrogen and oxygen atoms in total. The maximum atomic E-state index is 13.3. The Morgan fingerprint density at radius 3 is 2.51 bits per heavy atom. The summed E-state index contributed by atoms with van der Waals surface area (Å²) in [6.07, 6.45) is 4.13. The Hall–Kier alpha value is -2.14. The highest BCUT2D eigenvalue weighted by Gasteiger charge is 2.68. The molecule has 0 spiro atoms. The van der Waals surface area contributed by atoms with Crippen molar-refractivity contribution >= 4 is 23.4 Å². The fourth-order valence-corrected chi connectivity index (χ4v) is 8.25. The van der Waals surface area contributed by atoms with E-state index in [2.05, 4.69) is 12.2 Å². The smallest absolute Gasteiger partial charge is 0.306 e. The molecule has 3 saturated carbocycles. The minimum atomic E-state index is -1.71. The van der Waals surface area contributed by atoms with E-state index in [0.717, 1.165) is 24.8 Å². The van der Waals surface area contributed by atoms with E-state index < -0.39 is 41.8 Å². The molecule has 4 aliphatic carbocycles. The number of allylic oxidation sites excluding steroid dienone is 1. The van der Waals surface area contributed by atoms with E-state index in [9.17, 15) is 29.4 Å². The van der Waals surface area contributed by atoms with E-state index >= 15 is 0 Å². The highest BCUT2D eigenvalue weighted by molar-refractivity contribution is 5.92. The molecule has 3 fully saturated rings. The number of hydrogen-bond donors (Lipinski definition) is 3. The fraction of sp³-hybridized carbons (Fsp3) is 0.793. The van der Waals surface area contributed by atoms with Gasteiger partial charge in [-0.1, -0.05) is 19.4 Å². The average molecular weight is 550 g/mol. The number of ether oxygens (including phenoxy) is 3. The molecule has 1 amide bonds. The lowest BCUT2D eigenvalue weighted by Crippen LogP contribution is -2.62. The third-order valence-electron chi connectivity index (χ3n) is 10.4. The Morgan fingerprint density at radius 2 is 1.82 bits per heavy atom. The van der Waals surface area contributed by atoms with Gasteiger partial charge in [0.1, 0.15) is 5.60 Å². The lowest BCUT2D eigenvalue weighted by Gasteiger charge is -2.60. The Bertz CT molecular complexity index is 1020. The Morgan fingerprint density at radius 1 is 1.10 bits per heavy atom. The van der Waals surface area contributed by atoms with Gasteiger partial charge in [0.05, 0.1) is 19.1 Å². The van der Waals surface area contributed by atoms with Gasteiger partial charge in [-0.2, -0.15) is 0 Å². The Kier molecular flexibility index (Phi) is 8.71. The number of esters is 1. The van der Waals surface area contributed by atoms with Crippen LogP contribution in [0.2, 0.25) is 0 Å². The molecule has 0 aromatic rings. The molecule has 218 valence electrons. The molecule has 4 rings (SSSR count). The van der Waals surface area contributed by atoms with Crippen LogP contribution in [-0.2, 0) is 33.4 Å². The van der Waals surface area contributed by atoms with E-state index in [1.165, 1.54) is 14.2 Å². The van der Waals surface area contributed by atoms with Crippen molar-refractivity contribution in [3.63, 3.8) is 0 Å². The summed E-state index contributed by atoms with van der Waals surface area (Å²) in [5.74, 6) is -1.34. The lowest BCUT2D eigenvalue weighted by molar-refractivity contribution is -0.184. The van der Waals surface area contributed by atoms with Crippen LogP contribution in [0, 0.1) is 28.6 Å². The van der Waals surface area contributed by atoms with Gasteiger partial charge in [-0.05, 0) is 67.8 Å². The molecule has 0 unspecified atom stereocenters. The predicted molar refractivity (Wildman–Crippen MR) is 139 cm³/mol. The third-order valence-corrected chi connectivity index (χ3v) is 10.4. The second-order valence-electron chi connectivity index (χ2n) is 12.3. The average Bonchev–Trinajstić information content (AvgIpc) is 3.17. The lowest BCUT2D eigenvalue weighted by atomic mass is 9.45. The van der Waals surface area contributed by atoms with Gasteiger partial charge >= 0.3 is 5.97 Å². The van der Waals surface area contributed by atoms with E-state index in [0.29, 0.717) is 12.8 Å². The van der Waals surface area contributed by atoms with Crippen molar-refractivity contribution in [2.75, 3.05) is 27.4 Å². The quantitative estimate of drug-likeness (QED) is 0.274. The van der Waals surface area contributed by atoms with Crippen molar-refractivity contribution in [2.45, 2.75) is 89.6 Å². The largest absolute Gasteiger partial charge is 0.458 e. The summed E-state index contributed by atoms with van der Waals surface area (Å²) < 4.78 is 15.2. The maximum Gasteiger partial charge on any atom is 0.306 e. The van der Waals surface area contributed by atoms with Crippen molar-refractivity contribution in [1.82, 2.24) is 5.32 Å². The van der Waals surface area contributed by atoms with Gasteiger partial charge in [0, 0.05) is 32.5 Å². The number of carbonyl (C=O) groups excluding carboxylic acids is 4. The normalized spacial score (nSPS) is 37.4. The minimum absolute atomic E-state index is 0.0202. The first-order chi connectivity index (χ1) is 18.4. The number of nitrogens with one attached hydrogen (secondary N) is 1. The van der Waals surface area contributed by atoms with Crippen LogP contribution in [0.1, 0.15) is 71.6 Å². The summed E-state index contributed by atoms with van der Waals surface area (Å²) >= 11 is 0. The van der Waals surface area contributed by atoms with Crippen LogP contribution in [0.25, 0.3) is 0 Å². The molecule has 0 bridgehead atoms. The van der Waals surface area contributed by atoms with Gasteiger partial charge < -0.3 is 29.7 Å². The molecule has 0 aromatic carbocycles. The number of aliphatic hydroxyl groups excluding tert-OH is 1. The summed E-state index contributed by atoms with van der Waals surface area (Å²) in [4.78, 5) is 49.7. The predicted octanol–water partition coefficient (Wildman–Crippen LogP) is 1.85. The first kappa shape index (κ1) is 29.8. The van der Waals surface area contributed by atoms with Crippen molar-refractivity contribution in [3.05, 3.63) is 11.6 Å². The topological polar surface area (TPSA) is 148 Å². The maximum absolute atomic E-state index is 13.3. The minimum Gasteiger partial charge on any atom is -0.458 e. The van der Waals surface area contributed by atoms with Crippen molar-refractivity contribution in [2.24, 2.45) is 28.6 Å². The molecule has 39 heavy (non-hydrogen) atoms. The molecule has 3 N–H and O–H groups in total. The van der Waals surface area contributed by atoms with Gasteiger partial charge in [0.25, 0.3) is 0 Å². The molecule has 0 saturated heterocycles. The number of Topliss-reactive ketones (excluding diaryl/α,β-unsaturated/α-hetero) is 1. The number of carbonyl (C=O) groups is 4. The van der Waals surface area contributed by atoms with Crippen molar-refractivity contribution in [1.29, 1.82) is 0 Å². The molecular weight excluding hydrogens is 506 g/mol. The Balaban J connectivity index is 1.36. The molecule has 4 aliphatic rings. The molecule has 0 heterocycles. The van der Waals surface area contributed by atoms with Gasteiger partial charge in [0.15, 0.2) is 18.7 Å².